The van der Waals surface area contributed by atoms with Crippen molar-refractivity contribution in [1.29, 1.82) is 0 Å². The first kappa shape index (κ1) is 16.8. The molecule has 0 amide bonds. The molecule has 0 N–H and O–H groups in total. The van der Waals surface area contributed by atoms with E-state index in [-0.39, 0.29) is 0 Å². The Hall–Kier alpha value is 0.370. The van der Waals surface area contributed by atoms with Gasteiger partial charge in [-0.3, -0.25) is 0 Å². The molecule has 0 aliphatic carbocycles. The molecule has 0 aromatic rings. The molecular formula is C11H24OS2. The summed E-state index contributed by atoms with van der Waals surface area (Å²) in [4.78, 5) is 10.0. The van der Waals surface area contributed by atoms with Crippen molar-refractivity contribution in [1.82, 2.24) is 0 Å². The van der Waals surface area contributed by atoms with E-state index in [1.807, 2.05) is 13.8 Å². The van der Waals surface area contributed by atoms with Crippen molar-refractivity contribution >= 4 is 28.7 Å². The van der Waals surface area contributed by atoms with Crippen LogP contribution in [0.5, 0.6) is 0 Å². The van der Waals surface area contributed by atoms with Crippen molar-refractivity contribution < 1.29 is 4.79 Å². The third kappa shape index (κ3) is 14.9. The zero-order chi connectivity index (χ0) is 11.2. The van der Waals surface area contributed by atoms with Gasteiger partial charge in [0.25, 0.3) is 0 Å². The Morgan fingerprint density at radius 3 is 2.43 bits per heavy atom. The highest BCUT2D eigenvalue weighted by molar-refractivity contribution is 8.68. The van der Waals surface area contributed by atoms with E-state index < -0.39 is 0 Å². The molecule has 1 unspecified atom stereocenters. The summed E-state index contributed by atoms with van der Waals surface area (Å²) >= 11 is 4.09. The maximum atomic E-state index is 10.0. The van der Waals surface area contributed by atoms with E-state index in [2.05, 4.69) is 18.6 Å². The molecule has 0 radical (unpaired) electrons. The molecular weight excluding hydrogens is 212 g/mol. The van der Waals surface area contributed by atoms with E-state index in [1.165, 1.54) is 19.3 Å². The lowest BCUT2D eigenvalue weighted by Gasteiger charge is -2.08. The van der Waals surface area contributed by atoms with Gasteiger partial charge in [0.2, 0.25) is 0 Å². The van der Waals surface area contributed by atoms with Gasteiger partial charge in [0.1, 0.15) is 6.29 Å². The van der Waals surface area contributed by atoms with Gasteiger partial charge in [-0.15, -0.1) is 11.7 Å². The number of rotatable bonds is 8. The average molecular weight is 236 g/mol. The van der Waals surface area contributed by atoms with Crippen molar-refractivity contribution in [2.24, 2.45) is 5.92 Å². The number of carbonyl (C=O) groups excluding carboxylic acids is 1. The van der Waals surface area contributed by atoms with E-state index in [1.54, 1.807) is 10.8 Å². The van der Waals surface area contributed by atoms with Gasteiger partial charge in [-0.2, -0.15) is 0 Å². The zero-order valence-electron chi connectivity index (χ0n) is 9.66. The summed E-state index contributed by atoms with van der Waals surface area (Å²) in [5.74, 6) is 1.93. The summed E-state index contributed by atoms with van der Waals surface area (Å²) in [6, 6.07) is 0. The highest BCUT2D eigenvalue weighted by Gasteiger charge is 2.00. The molecule has 0 aliphatic heterocycles. The Morgan fingerprint density at radius 2 is 1.93 bits per heavy atom. The largest absolute Gasteiger partial charge is 0.303 e. The minimum atomic E-state index is 0.730. The van der Waals surface area contributed by atoms with Crippen molar-refractivity contribution in [3.63, 3.8) is 0 Å². The van der Waals surface area contributed by atoms with Crippen LogP contribution in [-0.4, -0.2) is 12.0 Å². The van der Waals surface area contributed by atoms with E-state index in [9.17, 15) is 4.79 Å². The Kier molecular flexibility index (Phi) is 19.0. The predicted molar refractivity (Wildman–Crippen MR) is 71.1 cm³/mol. The molecule has 0 aromatic carbocycles. The normalized spacial score (nSPS) is 11.4. The summed E-state index contributed by atoms with van der Waals surface area (Å²) < 4.78 is 0. The lowest BCUT2D eigenvalue weighted by atomic mass is 10.0. The van der Waals surface area contributed by atoms with E-state index in [0.29, 0.717) is 0 Å². The summed E-state index contributed by atoms with van der Waals surface area (Å²) in [6.07, 6.45) is 6.48. The van der Waals surface area contributed by atoms with Gasteiger partial charge in [0.15, 0.2) is 0 Å². The summed E-state index contributed by atoms with van der Waals surface area (Å²) in [7, 11) is 1.61. The molecule has 1 atom stereocenters. The monoisotopic (exact) mass is 236 g/mol. The minimum Gasteiger partial charge on any atom is -0.303 e. The van der Waals surface area contributed by atoms with Gasteiger partial charge in [-0.1, -0.05) is 44.4 Å². The van der Waals surface area contributed by atoms with Crippen LogP contribution in [0.4, 0.5) is 0 Å². The number of carbonyl (C=O) groups is 1. The summed E-state index contributed by atoms with van der Waals surface area (Å²) in [5, 5.41) is 0. The van der Waals surface area contributed by atoms with Gasteiger partial charge in [-0.05, 0) is 18.8 Å². The van der Waals surface area contributed by atoms with E-state index in [0.717, 1.165) is 30.8 Å². The van der Waals surface area contributed by atoms with Crippen LogP contribution in [0.2, 0.25) is 0 Å². The number of thiol groups is 1. The maximum Gasteiger partial charge on any atom is 0.119 e. The second kappa shape index (κ2) is 15.8. The van der Waals surface area contributed by atoms with Crippen LogP contribution in [0.15, 0.2) is 0 Å². The Morgan fingerprint density at radius 1 is 1.29 bits per heavy atom. The zero-order valence-corrected chi connectivity index (χ0v) is 11.4. The molecule has 1 nitrogen and oxygen atoms in total. The molecule has 0 saturated heterocycles. The summed E-state index contributed by atoms with van der Waals surface area (Å²) in [6.45, 7) is 6.27. The first-order valence-corrected chi connectivity index (χ1v) is 7.55. The van der Waals surface area contributed by atoms with Crippen LogP contribution in [0.3, 0.4) is 0 Å². The molecule has 0 bridgehead atoms. The van der Waals surface area contributed by atoms with Crippen LogP contribution >= 0.6 is 22.5 Å². The van der Waals surface area contributed by atoms with Crippen molar-refractivity contribution in [2.45, 2.75) is 52.9 Å². The Bertz CT molecular complexity index is 107. The quantitative estimate of drug-likeness (QED) is 0.292. The third-order valence-corrected chi connectivity index (χ3v) is 2.94. The Balaban J connectivity index is 0. The van der Waals surface area contributed by atoms with Crippen molar-refractivity contribution in [3.8, 4) is 0 Å². The highest BCUT2D eigenvalue weighted by Crippen LogP contribution is 2.17. The lowest BCUT2D eigenvalue weighted by Crippen LogP contribution is -1.95. The van der Waals surface area contributed by atoms with Gasteiger partial charge in [0, 0.05) is 12.2 Å². The molecule has 14 heavy (non-hydrogen) atoms. The lowest BCUT2D eigenvalue weighted by molar-refractivity contribution is -0.107. The molecule has 0 aliphatic rings. The molecule has 0 aromatic heterocycles. The van der Waals surface area contributed by atoms with Crippen LogP contribution in [0, 0.1) is 5.92 Å². The minimum absolute atomic E-state index is 0.730. The predicted octanol–water partition coefficient (Wildman–Crippen LogP) is 4.38. The number of hydrogen-bond acceptors (Lipinski definition) is 3. The fourth-order valence-corrected chi connectivity index (χ4v) is 1.94. The van der Waals surface area contributed by atoms with Crippen LogP contribution in [0.1, 0.15) is 52.9 Å². The van der Waals surface area contributed by atoms with E-state index in [4.69, 9.17) is 0 Å². The number of aldehydes is 1. The van der Waals surface area contributed by atoms with Crippen LogP contribution < -0.4 is 0 Å². The summed E-state index contributed by atoms with van der Waals surface area (Å²) in [5.41, 5.74) is 0. The number of hydrogen-bond donors (Lipinski definition) is 1. The second-order valence-electron chi connectivity index (χ2n) is 3.18. The standard InChI is InChI=1S/C9H18OS2.C2H6/c1-9(6-8-12-11)5-3-2-4-7-10;1-2/h7,9,11H,2-6,8H2,1H3;1-2H3. The van der Waals surface area contributed by atoms with Crippen molar-refractivity contribution in [2.75, 3.05) is 5.75 Å². The smallest absolute Gasteiger partial charge is 0.119 e. The number of unbranched alkanes of at least 4 members (excludes halogenated alkanes) is 2. The van der Waals surface area contributed by atoms with Crippen LogP contribution in [0.25, 0.3) is 0 Å². The van der Waals surface area contributed by atoms with Crippen LogP contribution in [-0.2, 0) is 4.79 Å². The Labute approximate surface area is 98.2 Å². The average Bonchev–Trinajstić information content (AvgIpc) is 2.24. The van der Waals surface area contributed by atoms with E-state index >= 15 is 0 Å². The molecule has 0 rings (SSSR count). The maximum absolute atomic E-state index is 10.0. The first-order chi connectivity index (χ1) is 6.81. The molecule has 0 heterocycles. The molecule has 0 saturated carbocycles. The molecule has 86 valence electrons. The van der Waals surface area contributed by atoms with Gasteiger partial charge in [-0.25, -0.2) is 0 Å². The third-order valence-electron chi connectivity index (χ3n) is 1.97. The second-order valence-corrected chi connectivity index (χ2v) is 4.62. The topological polar surface area (TPSA) is 17.1 Å². The first-order valence-electron chi connectivity index (χ1n) is 5.51. The van der Waals surface area contributed by atoms with Gasteiger partial charge < -0.3 is 4.79 Å². The molecule has 3 heteroatoms. The highest BCUT2D eigenvalue weighted by atomic mass is 33.1. The molecule has 0 fully saturated rings. The fraction of sp³-hybridized carbons (Fsp3) is 0.909. The van der Waals surface area contributed by atoms with Crippen molar-refractivity contribution in [3.05, 3.63) is 0 Å². The SMILES string of the molecule is CC.CC(CCCCC=O)CCSS. The molecule has 0 spiro atoms. The van der Waals surface area contributed by atoms with Gasteiger partial charge in [0.05, 0.1) is 0 Å². The fourth-order valence-electron chi connectivity index (χ4n) is 1.12. The van der Waals surface area contributed by atoms with Gasteiger partial charge >= 0.3 is 0 Å².